The van der Waals surface area contributed by atoms with E-state index in [0.717, 1.165) is 66.7 Å². The second-order valence-electron chi connectivity index (χ2n) is 15.4. The molecule has 2 aromatic heterocycles. The van der Waals surface area contributed by atoms with E-state index in [1.807, 2.05) is 36.4 Å². The van der Waals surface area contributed by atoms with Crippen molar-refractivity contribution in [3.05, 3.63) is 193 Å². The minimum atomic E-state index is -0.158. The van der Waals surface area contributed by atoms with Gasteiger partial charge in [-0.2, -0.15) is 0 Å². The second kappa shape index (κ2) is 12.5. The molecule has 0 aliphatic heterocycles. The van der Waals surface area contributed by atoms with Crippen LogP contribution < -0.4 is 0 Å². The molecule has 0 unspecified atom stereocenters. The number of aromatic nitrogens is 2. The van der Waals surface area contributed by atoms with Crippen LogP contribution in [-0.2, 0) is 5.41 Å². The van der Waals surface area contributed by atoms with Gasteiger partial charge in [-0.25, -0.2) is 9.97 Å². The van der Waals surface area contributed by atoms with Crippen LogP contribution in [0.3, 0.4) is 0 Å². The Morgan fingerprint density at radius 2 is 1.00 bits per heavy atom. The fraction of sp³-hybridized carbons (Fsp3) is 0.0566. The highest BCUT2D eigenvalue weighted by molar-refractivity contribution is 6.13. The zero-order valence-corrected chi connectivity index (χ0v) is 31.1. The molecule has 3 heteroatoms. The zero-order valence-electron chi connectivity index (χ0n) is 31.1. The third-order valence-corrected chi connectivity index (χ3v) is 11.6. The molecule has 0 fully saturated rings. The molecular weight excluding hydrogens is 681 g/mol. The van der Waals surface area contributed by atoms with Gasteiger partial charge in [0.15, 0.2) is 5.82 Å². The summed E-state index contributed by atoms with van der Waals surface area (Å²) in [5.74, 6) is 0.694. The lowest BCUT2D eigenvalue weighted by Gasteiger charge is -2.22. The lowest BCUT2D eigenvalue weighted by atomic mass is 9.81. The summed E-state index contributed by atoms with van der Waals surface area (Å²) in [6, 6.07) is 64.8. The summed E-state index contributed by atoms with van der Waals surface area (Å²) in [5, 5.41) is 4.74. The van der Waals surface area contributed by atoms with Gasteiger partial charge in [-0.05, 0) is 104 Å². The van der Waals surface area contributed by atoms with Crippen LogP contribution in [0, 0.1) is 0 Å². The number of nitrogens with zero attached hydrogens (tertiary/aromatic N) is 2. The highest BCUT2D eigenvalue weighted by Crippen LogP contribution is 2.53. The van der Waals surface area contributed by atoms with Crippen molar-refractivity contribution in [1.82, 2.24) is 9.97 Å². The molecule has 0 bridgehead atoms. The first-order valence-electron chi connectivity index (χ1n) is 19.2. The minimum Gasteiger partial charge on any atom is -0.456 e. The number of para-hydroxylation sites is 1. The highest BCUT2D eigenvalue weighted by atomic mass is 16.3. The van der Waals surface area contributed by atoms with Gasteiger partial charge in [-0.15, -0.1) is 0 Å². The highest BCUT2D eigenvalue weighted by Gasteiger charge is 2.37. The Morgan fingerprint density at radius 1 is 0.411 bits per heavy atom. The van der Waals surface area contributed by atoms with Gasteiger partial charge in [0.2, 0.25) is 0 Å². The van der Waals surface area contributed by atoms with Gasteiger partial charge < -0.3 is 4.42 Å². The summed E-state index contributed by atoms with van der Waals surface area (Å²) >= 11 is 0. The molecule has 2 heterocycles. The van der Waals surface area contributed by atoms with Gasteiger partial charge in [0.25, 0.3) is 0 Å². The van der Waals surface area contributed by atoms with E-state index in [9.17, 15) is 0 Å². The SMILES string of the molecule is CC1(C)c2cc3ccccc3cc2-c2c(-c3cc(-c4cc(-c5ccccc5)nc(-c5ccccc5)n4)cc(-c4cccc5oc6ccccc6c45)c3)cccc21. The third-order valence-electron chi connectivity index (χ3n) is 11.6. The fourth-order valence-electron chi connectivity index (χ4n) is 8.88. The largest absolute Gasteiger partial charge is 0.456 e. The van der Waals surface area contributed by atoms with Gasteiger partial charge in [0.05, 0.1) is 11.4 Å². The minimum absolute atomic E-state index is 0.158. The Kier molecular flexibility index (Phi) is 7.20. The lowest BCUT2D eigenvalue weighted by Crippen LogP contribution is -2.14. The standard InChI is InChI=1S/C53H36N2O/c1-53(2)44-24-13-22-40(50(44)43-30-35-19-9-10-20-36(35)31-45(43)53)37-27-38(41-23-14-26-49-51(41)42-21-11-12-25-48(42)56-49)29-39(28-37)47-32-46(33-15-5-3-6-16-33)54-52(55-47)34-17-7-4-8-18-34/h3-32H,1-2H3. The van der Waals surface area contributed by atoms with Crippen LogP contribution in [0.15, 0.2) is 186 Å². The van der Waals surface area contributed by atoms with Crippen molar-refractivity contribution >= 4 is 32.7 Å². The van der Waals surface area contributed by atoms with Crippen molar-refractivity contribution in [1.29, 1.82) is 0 Å². The maximum atomic E-state index is 6.41. The van der Waals surface area contributed by atoms with E-state index < -0.39 is 0 Å². The smallest absolute Gasteiger partial charge is 0.160 e. The normalized spacial score (nSPS) is 13.0. The molecule has 1 aliphatic carbocycles. The van der Waals surface area contributed by atoms with E-state index in [2.05, 4.69) is 159 Å². The predicted molar refractivity (Wildman–Crippen MR) is 232 cm³/mol. The summed E-state index contributed by atoms with van der Waals surface area (Å²) in [5.41, 5.74) is 16.3. The van der Waals surface area contributed by atoms with Crippen molar-refractivity contribution < 1.29 is 4.42 Å². The van der Waals surface area contributed by atoms with Crippen LogP contribution >= 0.6 is 0 Å². The van der Waals surface area contributed by atoms with E-state index in [1.54, 1.807) is 0 Å². The van der Waals surface area contributed by atoms with Crippen LogP contribution in [0.4, 0.5) is 0 Å². The average molecular weight is 717 g/mol. The number of rotatable bonds is 5. The molecule has 0 N–H and O–H groups in total. The quantitative estimate of drug-likeness (QED) is 0.178. The van der Waals surface area contributed by atoms with Crippen LogP contribution in [0.5, 0.6) is 0 Å². The molecular formula is C53H36N2O. The van der Waals surface area contributed by atoms with E-state index >= 15 is 0 Å². The van der Waals surface area contributed by atoms with Crippen LogP contribution in [0.25, 0.3) is 100.0 Å². The summed E-state index contributed by atoms with van der Waals surface area (Å²) in [6.07, 6.45) is 0. The predicted octanol–water partition coefficient (Wildman–Crippen LogP) is 14.2. The summed E-state index contributed by atoms with van der Waals surface area (Å²) < 4.78 is 6.41. The molecule has 11 rings (SSSR count). The Morgan fingerprint density at radius 3 is 1.79 bits per heavy atom. The van der Waals surface area contributed by atoms with E-state index in [-0.39, 0.29) is 5.41 Å². The van der Waals surface area contributed by atoms with Crippen molar-refractivity contribution in [2.45, 2.75) is 19.3 Å². The van der Waals surface area contributed by atoms with Gasteiger partial charge in [-0.1, -0.05) is 147 Å². The maximum Gasteiger partial charge on any atom is 0.160 e. The van der Waals surface area contributed by atoms with E-state index in [1.165, 1.54) is 38.6 Å². The Hall–Kier alpha value is -7.10. The lowest BCUT2D eigenvalue weighted by molar-refractivity contribution is 0.661. The number of fused-ring (bicyclic) bond motifs is 7. The van der Waals surface area contributed by atoms with Gasteiger partial charge in [0.1, 0.15) is 11.2 Å². The fourth-order valence-corrected chi connectivity index (χ4v) is 8.88. The first-order valence-corrected chi connectivity index (χ1v) is 19.2. The monoisotopic (exact) mass is 716 g/mol. The van der Waals surface area contributed by atoms with E-state index in [0.29, 0.717) is 5.82 Å². The molecule has 0 saturated carbocycles. The zero-order chi connectivity index (χ0) is 37.4. The molecule has 1 aliphatic rings. The van der Waals surface area contributed by atoms with Crippen LogP contribution in [0.1, 0.15) is 25.0 Å². The summed E-state index contributed by atoms with van der Waals surface area (Å²) in [6.45, 7) is 4.72. The van der Waals surface area contributed by atoms with E-state index in [4.69, 9.17) is 14.4 Å². The van der Waals surface area contributed by atoms with Crippen molar-refractivity contribution in [2.75, 3.05) is 0 Å². The topological polar surface area (TPSA) is 38.9 Å². The van der Waals surface area contributed by atoms with Crippen LogP contribution in [0.2, 0.25) is 0 Å². The number of furan rings is 1. The Bertz CT molecular complexity index is 3100. The summed E-state index contributed by atoms with van der Waals surface area (Å²) in [4.78, 5) is 10.4. The first kappa shape index (κ1) is 32.3. The molecule has 0 atom stereocenters. The van der Waals surface area contributed by atoms with Gasteiger partial charge in [0, 0.05) is 32.9 Å². The van der Waals surface area contributed by atoms with Crippen molar-refractivity contribution in [3.8, 4) is 67.3 Å². The third kappa shape index (κ3) is 5.12. The van der Waals surface area contributed by atoms with Crippen molar-refractivity contribution in [2.24, 2.45) is 0 Å². The number of benzene rings is 8. The Balaban J connectivity index is 1.21. The molecule has 56 heavy (non-hydrogen) atoms. The molecule has 0 saturated heterocycles. The van der Waals surface area contributed by atoms with Crippen LogP contribution in [-0.4, -0.2) is 9.97 Å². The molecule has 0 amide bonds. The number of hydrogen-bond acceptors (Lipinski definition) is 3. The number of hydrogen-bond donors (Lipinski definition) is 0. The van der Waals surface area contributed by atoms with Gasteiger partial charge in [-0.3, -0.25) is 0 Å². The first-order chi connectivity index (χ1) is 27.5. The molecule has 10 aromatic rings. The van der Waals surface area contributed by atoms with Gasteiger partial charge >= 0.3 is 0 Å². The second-order valence-corrected chi connectivity index (χ2v) is 15.4. The van der Waals surface area contributed by atoms with Crippen molar-refractivity contribution in [3.63, 3.8) is 0 Å². The Labute approximate surface area is 325 Å². The molecule has 8 aromatic carbocycles. The molecule has 264 valence electrons. The maximum absolute atomic E-state index is 6.41. The molecule has 0 radical (unpaired) electrons. The molecule has 0 spiro atoms. The molecule has 3 nitrogen and oxygen atoms in total. The summed E-state index contributed by atoms with van der Waals surface area (Å²) in [7, 11) is 0. The average Bonchev–Trinajstić information content (AvgIpc) is 3.75.